The zero-order valence-corrected chi connectivity index (χ0v) is 15.0. The predicted molar refractivity (Wildman–Crippen MR) is 97.1 cm³/mol. The fourth-order valence-corrected chi connectivity index (χ4v) is 2.85. The average Bonchev–Trinajstić information content (AvgIpc) is 2.94. The van der Waals surface area contributed by atoms with E-state index in [1.54, 1.807) is 35.1 Å². The van der Waals surface area contributed by atoms with Crippen LogP contribution < -0.4 is 5.32 Å². The number of carbonyl (C=O) groups excluding carboxylic acids is 1. The van der Waals surface area contributed by atoms with Gasteiger partial charge in [0.15, 0.2) is 5.65 Å². The molecule has 0 aliphatic carbocycles. The lowest BCUT2D eigenvalue weighted by molar-refractivity contribution is 0.102. The molecule has 0 atom stereocenters. The number of halogens is 2. The Bertz CT molecular complexity index is 934. The number of nitrogens with one attached hydrogen (secondary N) is 1. The van der Waals surface area contributed by atoms with E-state index in [-0.39, 0.29) is 11.9 Å². The highest BCUT2D eigenvalue weighted by atomic mass is 35.5. The lowest BCUT2D eigenvalue weighted by atomic mass is 10.1. The van der Waals surface area contributed by atoms with Crippen LogP contribution in [-0.4, -0.2) is 20.7 Å². The molecule has 5 nitrogen and oxygen atoms in total. The summed E-state index contributed by atoms with van der Waals surface area (Å²) in [4.78, 5) is 17.3. The quantitative estimate of drug-likeness (QED) is 0.722. The third-order valence-corrected chi connectivity index (χ3v) is 4.45. The maximum absolute atomic E-state index is 12.7. The van der Waals surface area contributed by atoms with E-state index in [4.69, 9.17) is 23.2 Å². The van der Waals surface area contributed by atoms with Crippen LogP contribution in [0.3, 0.4) is 0 Å². The number of hydrogen-bond donors (Lipinski definition) is 1. The third kappa shape index (κ3) is 2.97. The van der Waals surface area contributed by atoms with Gasteiger partial charge in [-0.2, -0.15) is 5.10 Å². The molecule has 0 spiro atoms. The molecule has 24 heavy (non-hydrogen) atoms. The summed E-state index contributed by atoms with van der Waals surface area (Å²) in [6.07, 6.45) is 1.66. The number of anilines is 1. The van der Waals surface area contributed by atoms with Crippen LogP contribution in [0.5, 0.6) is 0 Å². The summed E-state index contributed by atoms with van der Waals surface area (Å²) in [7, 11) is 0. The standard InChI is InChI=1S/C17H16Cl2N4O/c1-9(2)23-16-12(8-20-23)11(7-10(3)21-16)17(24)22-14-6-4-5-13(18)15(14)19/h4-9H,1-3H3,(H,22,24). The number of carbonyl (C=O) groups is 1. The number of hydrogen-bond acceptors (Lipinski definition) is 3. The van der Waals surface area contributed by atoms with Crippen LogP contribution in [0.2, 0.25) is 10.0 Å². The lowest BCUT2D eigenvalue weighted by Gasteiger charge is -2.11. The SMILES string of the molecule is Cc1cc(C(=O)Nc2cccc(Cl)c2Cl)c2cnn(C(C)C)c2n1. The van der Waals surface area contributed by atoms with Gasteiger partial charge in [0.05, 0.1) is 32.9 Å². The maximum atomic E-state index is 12.7. The molecular weight excluding hydrogens is 347 g/mol. The largest absolute Gasteiger partial charge is 0.321 e. The van der Waals surface area contributed by atoms with E-state index in [9.17, 15) is 4.79 Å². The summed E-state index contributed by atoms with van der Waals surface area (Å²) in [5.74, 6) is -0.280. The number of aromatic nitrogens is 3. The fraction of sp³-hybridized carbons (Fsp3) is 0.235. The Morgan fingerprint density at radius 3 is 2.75 bits per heavy atom. The Hall–Kier alpha value is -2.11. The van der Waals surface area contributed by atoms with E-state index < -0.39 is 0 Å². The number of amides is 1. The molecule has 1 aromatic carbocycles. The second-order valence-electron chi connectivity index (χ2n) is 5.79. The van der Waals surface area contributed by atoms with Crippen LogP contribution >= 0.6 is 23.2 Å². The molecule has 3 rings (SSSR count). The van der Waals surface area contributed by atoms with Gasteiger partial charge in [-0.05, 0) is 39.0 Å². The van der Waals surface area contributed by atoms with Gasteiger partial charge in [-0.15, -0.1) is 0 Å². The van der Waals surface area contributed by atoms with Crippen LogP contribution in [0.4, 0.5) is 5.69 Å². The van der Waals surface area contributed by atoms with Crippen molar-refractivity contribution in [3.8, 4) is 0 Å². The molecular formula is C17H16Cl2N4O. The van der Waals surface area contributed by atoms with E-state index >= 15 is 0 Å². The van der Waals surface area contributed by atoms with Crippen LogP contribution in [-0.2, 0) is 0 Å². The van der Waals surface area contributed by atoms with Crippen LogP contribution in [0.1, 0.15) is 35.9 Å². The van der Waals surface area contributed by atoms with E-state index in [0.717, 1.165) is 5.69 Å². The third-order valence-electron chi connectivity index (χ3n) is 3.63. The first-order chi connectivity index (χ1) is 11.4. The molecule has 1 N–H and O–H groups in total. The number of benzene rings is 1. The summed E-state index contributed by atoms with van der Waals surface area (Å²) in [6.45, 7) is 5.88. The topological polar surface area (TPSA) is 59.8 Å². The molecule has 2 aromatic heterocycles. The number of rotatable bonds is 3. The molecule has 124 valence electrons. The minimum Gasteiger partial charge on any atom is -0.321 e. The Kier molecular flexibility index (Phi) is 4.47. The maximum Gasteiger partial charge on any atom is 0.256 e. The smallest absolute Gasteiger partial charge is 0.256 e. The minimum atomic E-state index is -0.280. The molecule has 0 saturated heterocycles. The minimum absolute atomic E-state index is 0.148. The van der Waals surface area contributed by atoms with Crippen molar-refractivity contribution in [2.45, 2.75) is 26.8 Å². The summed E-state index contributed by atoms with van der Waals surface area (Å²) in [5, 5.41) is 8.55. The fourth-order valence-electron chi connectivity index (χ4n) is 2.50. The molecule has 1 amide bonds. The van der Waals surface area contributed by atoms with Crippen molar-refractivity contribution in [3.05, 3.63) is 51.8 Å². The molecule has 0 unspecified atom stereocenters. The Balaban J connectivity index is 2.05. The molecule has 0 aliphatic rings. The van der Waals surface area contributed by atoms with Gasteiger partial charge >= 0.3 is 0 Å². The molecule has 0 bridgehead atoms. The van der Waals surface area contributed by atoms with Gasteiger partial charge in [0.25, 0.3) is 5.91 Å². The highest BCUT2D eigenvalue weighted by Crippen LogP contribution is 2.30. The summed E-state index contributed by atoms with van der Waals surface area (Å²) >= 11 is 12.1. The number of fused-ring (bicyclic) bond motifs is 1. The molecule has 0 radical (unpaired) electrons. The van der Waals surface area contributed by atoms with E-state index in [1.807, 2.05) is 20.8 Å². The van der Waals surface area contributed by atoms with Crippen molar-refractivity contribution >= 4 is 45.8 Å². The van der Waals surface area contributed by atoms with Crippen molar-refractivity contribution in [2.24, 2.45) is 0 Å². The molecule has 3 aromatic rings. The van der Waals surface area contributed by atoms with E-state index in [1.165, 1.54) is 0 Å². The van der Waals surface area contributed by atoms with Gasteiger partial charge in [-0.3, -0.25) is 4.79 Å². The molecule has 0 saturated carbocycles. The first kappa shape index (κ1) is 16.7. The first-order valence-electron chi connectivity index (χ1n) is 7.48. The van der Waals surface area contributed by atoms with Gasteiger partial charge in [-0.1, -0.05) is 29.3 Å². The first-order valence-corrected chi connectivity index (χ1v) is 8.24. The van der Waals surface area contributed by atoms with Crippen molar-refractivity contribution in [1.29, 1.82) is 0 Å². The van der Waals surface area contributed by atoms with Crippen molar-refractivity contribution in [3.63, 3.8) is 0 Å². The van der Waals surface area contributed by atoms with E-state index in [0.29, 0.717) is 32.3 Å². The molecule has 7 heteroatoms. The zero-order chi connectivity index (χ0) is 17.4. The average molecular weight is 363 g/mol. The van der Waals surface area contributed by atoms with Crippen LogP contribution in [0.25, 0.3) is 11.0 Å². The van der Waals surface area contributed by atoms with Crippen molar-refractivity contribution in [2.75, 3.05) is 5.32 Å². The van der Waals surface area contributed by atoms with Crippen LogP contribution in [0.15, 0.2) is 30.5 Å². The predicted octanol–water partition coefficient (Wildman–Crippen LogP) is 4.88. The van der Waals surface area contributed by atoms with E-state index in [2.05, 4.69) is 15.4 Å². The van der Waals surface area contributed by atoms with Gasteiger partial charge in [0.2, 0.25) is 0 Å². The molecule has 0 fully saturated rings. The van der Waals surface area contributed by atoms with Gasteiger partial charge in [0.1, 0.15) is 0 Å². The zero-order valence-electron chi connectivity index (χ0n) is 13.5. The lowest BCUT2D eigenvalue weighted by Crippen LogP contribution is -2.14. The normalized spacial score (nSPS) is 11.2. The highest BCUT2D eigenvalue weighted by molar-refractivity contribution is 6.44. The Labute approximate surface area is 149 Å². The monoisotopic (exact) mass is 362 g/mol. The van der Waals surface area contributed by atoms with Gasteiger partial charge in [0, 0.05) is 11.7 Å². The molecule has 2 heterocycles. The number of nitrogens with zero attached hydrogens (tertiary/aromatic N) is 3. The second-order valence-corrected chi connectivity index (χ2v) is 6.57. The summed E-state index contributed by atoms with van der Waals surface area (Å²) in [5.41, 5.74) is 2.40. The number of pyridine rings is 1. The van der Waals surface area contributed by atoms with Crippen molar-refractivity contribution < 1.29 is 4.79 Å². The van der Waals surface area contributed by atoms with Crippen molar-refractivity contribution in [1.82, 2.24) is 14.8 Å². The van der Waals surface area contributed by atoms with Gasteiger partial charge in [-0.25, -0.2) is 9.67 Å². The highest BCUT2D eigenvalue weighted by Gasteiger charge is 2.18. The number of aryl methyl sites for hydroxylation is 1. The van der Waals surface area contributed by atoms with Gasteiger partial charge < -0.3 is 5.32 Å². The summed E-state index contributed by atoms with van der Waals surface area (Å²) in [6, 6.07) is 6.99. The Morgan fingerprint density at radius 1 is 1.29 bits per heavy atom. The molecule has 0 aliphatic heterocycles. The summed E-state index contributed by atoms with van der Waals surface area (Å²) < 4.78 is 1.80. The second kappa shape index (κ2) is 6.42. The van der Waals surface area contributed by atoms with Crippen LogP contribution in [0, 0.1) is 6.92 Å². The Morgan fingerprint density at radius 2 is 2.04 bits per heavy atom.